The van der Waals surface area contributed by atoms with Gasteiger partial charge in [-0.2, -0.15) is 0 Å². The van der Waals surface area contributed by atoms with E-state index in [0.29, 0.717) is 11.8 Å². The molecule has 2 atom stereocenters. The van der Waals surface area contributed by atoms with E-state index in [2.05, 4.69) is 25.2 Å². The van der Waals surface area contributed by atoms with Crippen LogP contribution in [0.5, 0.6) is 0 Å². The highest BCUT2D eigenvalue weighted by Crippen LogP contribution is 2.47. The number of thiophene rings is 1. The van der Waals surface area contributed by atoms with E-state index in [-0.39, 0.29) is 23.8 Å². The first-order valence-electron chi connectivity index (χ1n) is 13.5. The Bertz CT molecular complexity index is 1470. The molecule has 0 spiro atoms. The number of aryl methyl sites for hydroxylation is 1. The number of ether oxygens (including phenoxy) is 2. The number of esters is 1. The molecule has 7 nitrogen and oxygen atoms in total. The van der Waals surface area contributed by atoms with E-state index in [1.807, 2.05) is 26.8 Å². The number of carbonyl (C=O) groups is 2. The molecule has 0 aliphatic heterocycles. The van der Waals surface area contributed by atoms with Gasteiger partial charge in [0, 0.05) is 16.0 Å². The maximum absolute atomic E-state index is 13.3. The molecule has 2 unspecified atom stereocenters. The van der Waals surface area contributed by atoms with Crippen molar-refractivity contribution in [1.29, 1.82) is 0 Å². The SMILES string of the molecule is CCOC(=O)c1cc(C2CC2)c2c(C)c(-c3cc4c(s3)C(C)CCC4NC(=O)OC(C)(C)C)ccn2c1=O. The van der Waals surface area contributed by atoms with Gasteiger partial charge in [-0.15, -0.1) is 11.3 Å². The lowest BCUT2D eigenvalue weighted by Gasteiger charge is -2.28. The molecular formula is C30H36N2O5S. The van der Waals surface area contributed by atoms with Crippen LogP contribution in [-0.2, 0) is 9.47 Å². The highest BCUT2D eigenvalue weighted by molar-refractivity contribution is 7.15. The Balaban J connectivity index is 1.58. The summed E-state index contributed by atoms with van der Waals surface area (Å²) in [5.74, 6) is 0.170. The summed E-state index contributed by atoms with van der Waals surface area (Å²) >= 11 is 1.76. The normalized spacial score (nSPS) is 19.2. The smallest absolute Gasteiger partial charge is 0.408 e. The Morgan fingerprint density at radius 3 is 2.53 bits per heavy atom. The third kappa shape index (κ3) is 4.98. The lowest BCUT2D eigenvalue weighted by molar-refractivity contribution is 0.0494. The number of fused-ring (bicyclic) bond motifs is 2. The summed E-state index contributed by atoms with van der Waals surface area (Å²) in [5, 5.41) is 3.08. The van der Waals surface area contributed by atoms with Crippen LogP contribution in [0.25, 0.3) is 16.0 Å². The van der Waals surface area contributed by atoms with E-state index >= 15 is 0 Å². The van der Waals surface area contributed by atoms with Gasteiger partial charge >= 0.3 is 12.1 Å². The molecule has 2 aliphatic carbocycles. The first-order chi connectivity index (χ1) is 18.0. The van der Waals surface area contributed by atoms with Gasteiger partial charge in [0.15, 0.2) is 0 Å². The van der Waals surface area contributed by atoms with Gasteiger partial charge in [0.25, 0.3) is 5.56 Å². The van der Waals surface area contributed by atoms with E-state index in [4.69, 9.17) is 9.47 Å². The minimum Gasteiger partial charge on any atom is -0.462 e. The lowest BCUT2D eigenvalue weighted by Crippen LogP contribution is -2.36. The topological polar surface area (TPSA) is 86.1 Å². The number of nitrogens with one attached hydrogen (secondary N) is 1. The standard InChI is InChI=1S/C30H36N2O5S/c1-7-36-28(34)22-14-20(18-9-10-18)25-17(3)19(12-13-32(25)27(22)33)24-15-21-23(11-8-16(2)26(21)38-24)31-29(35)37-30(4,5)6/h12-16,18,23H,7-11H2,1-6H3,(H,31,35). The van der Waals surface area contributed by atoms with Gasteiger partial charge < -0.3 is 14.8 Å². The molecule has 1 amide bonds. The van der Waals surface area contributed by atoms with Crippen LogP contribution in [0.4, 0.5) is 4.79 Å². The summed E-state index contributed by atoms with van der Waals surface area (Å²) in [7, 11) is 0. The first kappa shape index (κ1) is 26.5. The number of aromatic nitrogens is 1. The number of hydrogen-bond acceptors (Lipinski definition) is 6. The monoisotopic (exact) mass is 536 g/mol. The van der Waals surface area contributed by atoms with Crippen LogP contribution >= 0.6 is 11.3 Å². The van der Waals surface area contributed by atoms with Crippen LogP contribution in [0.15, 0.2) is 29.2 Å². The van der Waals surface area contributed by atoms with Gasteiger partial charge in [-0.3, -0.25) is 9.20 Å². The number of carbonyl (C=O) groups excluding carboxylic acids is 2. The Morgan fingerprint density at radius 2 is 1.87 bits per heavy atom. The molecule has 38 heavy (non-hydrogen) atoms. The quantitative estimate of drug-likeness (QED) is 0.360. The van der Waals surface area contributed by atoms with Crippen molar-refractivity contribution in [3.05, 3.63) is 61.9 Å². The van der Waals surface area contributed by atoms with Gasteiger partial charge in [-0.05, 0) is 113 Å². The molecular weight excluding hydrogens is 500 g/mol. The number of alkyl carbamates (subject to hydrolysis) is 1. The summed E-state index contributed by atoms with van der Waals surface area (Å²) < 4.78 is 12.3. The van der Waals surface area contributed by atoms with Crippen LogP contribution < -0.4 is 10.9 Å². The van der Waals surface area contributed by atoms with Gasteiger partial charge in [0.05, 0.1) is 18.2 Å². The summed E-state index contributed by atoms with van der Waals surface area (Å²) in [6.45, 7) is 11.8. The Labute approximate surface area is 227 Å². The third-order valence-electron chi connectivity index (χ3n) is 7.38. The molecule has 5 rings (SSSR count). The maximum atomic E-state index is 13.3. The van der Waals surface area contributed by atoms with Crippen molar-refractivity contribution in [3.8, 4) is 10.4 Å². The minimum atomic E-state index is -0.570. The molecule has 3 aromatic heterocycles. The van der Waals surface area contributed by atoms with E-state index in [1.54, 1.807) is 34.9 Å². The van der Waals surface area contributed by atoms with Gasteiger partial charge in [-0.1, -0.05) is 6.92 Å². The average molecular weight is 537 g/mol. The Hall–Kier alpha value is -3.13. The molecule has 0 bridgehead atoms. The summed E-state index contributed by atoms with van der Waals surface area (Å²) in [4.78, 5) is 40.8. The molecule has 2 aliphatic rings. The molecule has 1 N–H and O–H groups in total. The van der Waals surface area contributed by atoms with Crippen molar-refractivity contribution in [2.75, 3.05) is 6.61 Å². The molecule has 202 valence electrons. The van der Waals surface area contributed by atoms with Crippen LogP contribution in [0.1, 0.15) is 110 Å². The number of rotatable bonds is 5. The zero-order valence-electron chi connectivity index (χ0n) is 23.0. The summed E-state index contributed by atoms with van der Waals surface area (Å²) in [6, 6.07) is 5.82. The zero-order valence-corrected chi connectivity index (χ0v) is 23.8. The second-order valence-electron chi connectivity index (χ2n) is 11.5. The second kappa shape index (κ2) is 9.88. The van der Waals surface area contributed by atoms with Gasteiger partial charge in [0.1, 0.15) is 11.2 Å². The molecule has 0 aromatic carbocycles. The van der Waals surface area contributed by atoms with E-state index < -0.39 is 17.7 Å². The number of nitrogens with zero attached hydrogens (tertiary/aromatic N) is 1. The summed E-state index contributed by atoms with van der Waals surface area (Å²) in [5.41, 5.74) is 4.33. The minimum absolute atomic E-state index is 0.0925. The highest BCUT2D eigenvalue weighted by atomic mass is 32.1. The molecule has 8 heteroatoms. The molecule has 0 radical (unpaired) electrons. The van der Waals surface area contributed by atoms with E-state index in [9.17, 15) is 14.4 Å². The zero-order chi connectivity index (χ0) is 27.4. The van der Waals surface area contributed by atoms with Gasteiger partial charge in [0.2, 0.25) is 0 Å². The predicted molar refractivity (Wildman–Crippen MR) is 149 cm³/mol. The van der Waals surface area contributed by atoms with Crippen LogP contribution in [0.2, 0.25) is 0 Å². The molecule has 3 aromatic rings. The summed E-state index contributed by atoms with van der Waals surface area (Å²) in [6.07, 6.45) is 5.32. The maximum Gasteiger partial charge on any atom is 0.408 e. The van der Waals surface area contributed by atoms with Crippen LogP contribution in [0, 0.1) is 6.92 Å². The van der Waals surface area contributed by atoms with Crippen LogP contribution in [-0.4, -0.2) is 28.7 Å². The molecule has 1 fully saturated rings. The number of hydrogen-bond donors (Lipinski definition) is 1. The van der Waals surface area contributed by atoms with Crippen LogP contribution in [0.3, 0.4) is 0 Å². The van der Waals surface area contributed by atoms with E-state index in [0.717, 1.165) is 58.3 Å². The number of pyridine rings is 2. The average Bonchev–Trinajstić information content (AvgIpc) is 3.58. The van der Waals surface area contributed by atoms with Crippen molar-refractivity contribution in [3.63, 3.8) is 0 Å². The fourth-order valence-electron chi connectivity index (χ4n) is 5.44. The highest BCUT2D eigenvalue weighted by Gasteiger charge is 2.32. The molecule has 1 saturated carbocycles. The first-order valence-corrected chi connectivity index (χ1v) is 14.3. The Morgan fingerprint density at radius 1 is 1.13 bits per heavy atom. The fraction of sp³-hybridized carbons (Fsp3) is 0.500. The largest absolute Gasteiger partial charge is 0.462 e. The van der Waals surface area contributed by atoms with E-state index in [1.165, 1.54) is 4.88 Å². The fourth-order valence-corrected chi connectivity index (χ4v) is 6.83. The lowest BCUT2D eigenvalue weighted by atomic mass is 9.86. The number of amides is 1. The van der Waals surface area contributed by atoms with Crippen molar-refractivity contribution in [1.82, 2.24) is 9.72 Å². The predicted octanol–water partition coefficient (Wildman–Crippen LogP) is 6.85. The molecule has 3 heterocycles. The second-order valence-corrected chi connectivity index (χ2v) is 12.6. The van der Waals surface area contributed by atoms with Crippen molar-refractivity contribution >= 4 is 28.9 Å². The van der Waals surface area contributed by atoms with Crippen molar-refractivity contribution in [2.45, 2.75) is 90.7 Å². The third-order valence-corrected chi connectivity index (χ3v) is 8.80. The van der Waals surface area contributed by atoms with Crippen molar-refractivity contribution in [2.24, 2.45) is 0 Å². The van der Waals surface area contributed by atoms with Crippen molar-refractivity contribution < 1.29 is 19.1 Å². The Kier molecular flexibility index (Phi) is 6.88. The molecule has 0 saturated heterocycles. The van der Waals surface area contributed by atoms with Gasteiger partial charge in [-0.25, -0.2) is 9.59 Å².